The van der Waals surface area contributed by atoms with Crippen LogP contribution in [0.1, 0.15) is 24.0 Å². The predicted molar refractivity (Wildman–Crippen MR) is 123 cm³/mol. The van der Waals surface area contributed by atoms with Gasteiger partial charge in [0.25, 0.3) is 5.24 Å². The number of thioether (sulfide) groups is 1. The summed E-state index contributed by atoms with van der Waals surface area (Å²) in [5, 5.41) is 8.84. The van der Waals surface area contributed by atoms with Crippen molar-refractivity contribution in [1.82, 2.24) is 9.88 Å². The lowest BCUT2D eigenvalue weighted by Crippen LogP contribution is -2.42. The maximum absolute atomic E-state index is 12.3. The highest BCUT2D eigenvalue weighted by Gasteiger charge is 2.37. The maximum Gasteiger partial charge on any atom is 0.291 e. The lowest BCUT2D eigenvalue weighted by atomic mass is 10.0. The summed E-state index contributed by atoms with van der Waals surface area (Å²) in [4.78, 5) is 30.0. The molecular formula is C25H21N3O3S. The zero-order valence-electron chi connectivity index (χ0n) is 17.3. The molecule has 1 aliphatic heterocycles. The van der Waals surface area contributed by atoms with Crippen molar-refractivity contribution in [2.24, 2.45) is 0 Å². The van der Waals surface area contributed by atoms with Crippen molar-refractivity contribution in [3.05, 3.63) is 84.2 Å². The zero-order valence-corrected chi connectivity index (χ0v) is 18.1. The number of amides is 2. The highest BCUT2D eigenvalue weighted by molar-refractivity contribution is 8.14. The van der Waals surface area contributed by atoms with Crippen molar-refractivity contribution in [1.29, 1.82) is 5.26 Å². The van der Waals surface area contributed by atoms with Gasteiger partial charge < -0.3 is 4.74 Å². The van der Waals surface area contributed by atoms with E-state index >= 15 is 0 Å². The van der Waals surface area contributed by atoms with Gasteiger partial charge in [0.05, 0.1) is 17.4 Å². The largest absolute Gasteiger partial charge is 0.470 e. The second kappa shape index (κ2) is 10.1. The van der Waals surface area contributed by atoms with E-state index in [1.807, 2.05) is 60.8 Å². The molecule has 7 heteroatoms. The van der Waals surface area contributed by atoms with Crippen molar-refractivity contribution in [3.63, 3.8) is 0 Å². The van der Waals surface area contributed by atoms with Crippen LogP contribution in [0.4, 0.5) is 4.79 Å². The molecule has 4 rings (SSSR count). The van der Waals surface area contributed by atoms with Gasteiger partial charge in [0.1, 0.15) is 5.75 Å². The smallest absolute Gasteiger partial charge is 0.291 e. The number of nitrogens with zero attached hydrogens (tertiary/aromatic N) is 3. The predicted octanol–water partition coefficient (Wildman–Crippen LogP) is 5.04. The van der Waals surface area contributed by atoms with Crippen LogP contribution in [0.3, 0.4) is 0 Å². The number of nitriles is 1. The summed E-state index contributed by atoms with van der Waals surface area (Å²) in [7, 11) is 0. The number of aryl methyl sites for hydroxylation is 1. The Balaban J connectivity index is 1.48. The van der Waals surface area contributed by atoms with Crippen LogP contribution in [0.2, 0.25) is 0 Å². The molecule has 0 radical (unpaired) electrons. The van der Waals surface area contributed by atoms with E-state index in [1.165, 1.54) is 4.90 Å². The third-order valence-electron chi connectivity index (χ3n) is 5.16. The fraction of sp³-hybridized carbons (Fsp3) is 0.200. The molecule has 1 aromatic heterocycles. The number of ether oxygens (including phenoxy) is 1. The van der Waals surface area contributed by atoms with Crippen molar-refractivity contribution in [3.8, 4) is 22.9 Å². The van der Waals surface area contributed by atoms with Crippen LogP contribution in [0.15, 0.2) is 73.1 Å². The molecule has 0 saturated carbocycles. The molecular weight excluding hydrogens is 422 g/mol. The summed E-state index contributed by atoms with van der Waals surface area (Å²) >= 11 is 1.01. The maximum atomic E-state index is 12.3. The van der Waals surface area contributed by atoms with Crippen LogP contribution >= 0.6 is 11.8 Å². The van der Waals surface area contributed by atoms with Gasteiger partial charge in [-0.2, -0.15) is 5.26 Å². The first kappa shape index (κ1) is 21.6. The second-order valence-corrected chi connectivity index (χ2v) is 8.29. The molecule has 2 amide bonds. The monoisotopic (exact) mass is 443 g/mol. The van der Waals surface area contributed by atoms with E-state index in [2.05, 4.69) is 11.1 Å². The van der Waals surface area contributed by atoms with Crippen molar-refractivity contribution >= 4 is 22.9 Å². The summed E-state index contributed by atoms with van der Waals surface area (Å²) in [5.41, 5.74) is 3.58. The molecule has 32 heavy (non-hydrogen) atoms. The molecule has 0 aliphatic carbocycles. The van der Waals surface area contributed by atoms with Crippen molar-refractivity contribution < 1.29 is 14.3 Å². The van der Waals surface area contributed by atoms with E-state index in [0.717, 1.165) is 41.3 Å². The van der Waals surface area contributed by atoms with E-state index in [-0.39, 0.29) is 16.9 Å². The van der Waals surface area contributed by atoms with Gasteiger partial charge in [-0.3, -0.25) is 14.6 Å². The topological polar surface area (TPSA) is 83.3 Å². The quantitative estimate of drug-likeness (QED) is 0.485. The number of pyridine rings is 1. The Bertz CT molecular complexity index is 1130. The Hall–Kier alpha value is -3.63. The van der Waals surface area contributed by atoms with Crippen LogP contribution in [0.25, 0.3) is 11.1 Å². The van der Waals surface area contributed by atoms with E-state index in [0.29, 0.717) is 17.7 Å². The van der Waals surface area contributed by atoms with Gasteiger partial charge >= 0.3 is 0 Å². The molecule has 2 aromatic carbocycles. The number of hydrogen-bond acceptors (Lipinski definition) is 6. The van der Waals surface area contributed by atoms with Gasteiger partial charge in [0, 0.05) is 18.8 Å². The van der Waals surface area contributed by atoms with Crippen LogP contribution in [-0.2, 0) is 11.2 Å². The van der Waals surface area contributed by atoms with Gasteiger partial charge in [0.2, 0.25) is 5.91 Å². The highest BCUT2D eigenvalue weighted by atomic mass is 32.2. The number of carbonyl (C=O) groups excluding carboxylic acids is 2. The summed E-state index contributed by atoms with van der Waals surface area (Å²) < 4.78 is 6.12. The molecule has 1 saturated heterocycles. The summed E-state index contributed by atoms with van der Waals surface area (Å²) in [5.74, 6) is 0.500. The van der Waals surface area contributed by atoms with Gasteiger partial charge in [-0.05, 0) is 59.9 Å². The van der Waals surface area contributed by atoms with Gasteiger partial charge in [-0.1, -0.05) is 42.1 Å². The molecule has 2 heterocycles. The van der Waals surface area contributed by atoms with Gasteiger partial charge in [-0.25, -0.2) is 4.90 Å². The first-order valence-electron chi connectivity index (χ1n) is 10.3. The normalized spacial score (nSPS) is 14.3. The fourth-order valence-corrected chi connectivity index (χ4v) is 4.31. The van der Waals surface area contributed by atoms with Gasteiger partial charge in [0.15, 0.2) is 6.23 Å². The van der Waals surface area contributed by atoms with Gasteiger partial charge in [-0.15, -0.1) is 0 Å². The minimum absolute atomic E-state index is 0.148. The number of carbonyl (C=O) groups is 2. The molecule has 3 aromatic rings. The summed E-state index contributed by atoms with van der Waals surface area (Å²) in [6.07, 6.45) is 4.95. The van der Waals surface area contributed by atoms with Crippen LogP contribution in [0.5, 0.6) is 5.75 Å². The SMILES string of the molecule is N#Cc1cccc(-c2ccc(OC(CCCc3cccnc3)N3C(=O)CSC3=O)cc2)c1. The van der Waals surface area contributed by atoms with E-state index < -0.39 is 6.23 Å². The van der Waals surface area contributed by atoms with Crippen molar-refractivity contribution in [2.75, 3.05) is 5.75 Å². The molecule has 1 unspecified atom stereocenters. The van der Waals surface area contributed by atoms with Crippen LogP contribution in [0, 0.1) is 11.3 Å². The lowest BCUT2D eigenvalue weighted by Gasteiger charge is -2.26. The molecule has 6 nitrogen and oxygen atoms in total. The standard InChI is InChI=1S/C25H21N3O3S/c26-15-19-5-1-7-21(14-19)20-9-11-22(12-10-20)31-24(28-23(29)17-32-25(28)30)8-2-4-18-6-3-13-27-16-18/h1,3,5-7,9-14,16,24H,2,4,8,17H2. The minimum atomic E-state index is -0.658. The number of hydrogen-bond donors (Lipinski definition) is 0. The first-order valence-corrected chi connectivity index (χ1v) is 11.3. The average Bonchev–Trinajstić information content (AvgIpc) is 3.17. The Morgan fingerprint density at radius 3 is 2.62 bits per heavy atom. The molecule has 0 N–H and O–H groups in total. The van der Waals surface area contributed by atoms with Crippen LogP contribution in [-0.4, -0.2) is 33.0 Å². The van der Waals surface area contributed by atoms with Crippen LogP contribution < -0.4 is 4.74 Å². The third kappa shape index (κ3) is 5.16. The average molecular weight is 444 g/mol. The molecule has 0 bridgehead atoms. The Labute approximate surface area is 190 Å². The number of imide groups is 1. The molecule has 1 atom stereocenters. The number of benzene rings is 2. The minimum Gasteiger partial charge on any atom is -0.470 e. The zero-order chi connectivity index (χ0) is 22.3. The molecule has 1 aliphatic rings. The Kier molecular flexibility index (Phi) is 6.83. The number of aromatic nitrogens is 1. The van der Waals surface area contributed by atoms with E-state index in [4.69, 9.17) is 10.00 Å². The third-order valence-corrected chi connectivity index (χ3v) is 6.00. The van der Waals surface area contributed by atoms with E-state index in [9.17, 15) is 9.59 Å². The highest BCUT2D eigenvalue weighted by Crippen LogP contribution is 2.28. The first-order chi connectivity index (χ1) is 15.6. The van der Waals surface area contributed by atoms with Crippen molar-refractivity contribution in [2.45, 2.75) is 25.5 Å². The summed E-state index contributed by atoms with van der Waals surface area (Å²) in [6, 6.07) is 20.9. The lowest BCUT2D eigenvalue weighted by molar-refractivity contribution is -0.130. The summed E-state index contributed by atoms with van der Waals surface area (Å²) in [6.45, 7) is 0. The second-order valence-electron chi connectivity index (χ2n) is 7.36. The van der Waals surface area contributed by atoms with E-state index in [1.54, 1.807) is 12.3 Å². The Morgan fingerprint density at radius 2 is 1.94 bits per heavy atom. The molecule has 1 fully saturated rings. The Morgan fingerprint density at radius 1 is 1.09 bits per heavy atom. The molecule has 160 valence electrons. The fourth-order valence-electron chi connectivity index (χ4n) is 3.56. The molecule has 0 spiro atoms. The number of rotatable bonds is 8.